The number of ether oxygens (including phenoxy) is 7. The molecule has 0 amide bonds. The van der Waals surface area contributed by atoms with Crippen molar-refractivity contribution in [3.05, 3.63) is 121 Å². The SMILES string of the molecule is C/C=C\COC(=O)c1ccc2cc(OCCCCCCOC=O)ccc2c1.C=CC.C=CC(=O)OCCOC(C)=O.CC.CCC(C)=O.CCCC.CCCCCCCOc1ccc2cc(C(=O)OCC)ccc2c1. The van der Waals surface area contributed by atoms with Crippen LogP contribution in [0, 0.1) is 0 Å². The second-order valence-electron chi connectivity index (χ2n) is 16.0. The van der Waals surface area contributed by atoms with Gasteiger partial charge in [0.25, 0.3) is 6.47 Å². The Morgan fingerprint density at radius 2 is 0.947 bits per heavy atom. The van der Waals surface area contributed by atoms with Crippen molar-refractivity contribution in [3.63, 3.8) is 0 Å². The molecule has 4 rings (SSSR count). The molecule has 0 saturated heterocycles. The highest BCUT2D eigenvalue weighted by molar-refractivity contribution is 5.96. The molecule has 4 aromatic rings. The molecule has 0 saturated carbocycles. The number of Topliss-reactive ketones (excluding diaryl/α,β-unsaturated/α-hetero) is 1. The largest absolute Gasteiger partial charge is 0.494 e. The van der Waals surface area contributed by atoms with Gasteiger partial charge in [-0.25, -0.2) is 14.4 Å². The number of unbranched alkanes of at least 4 members (excludes halogenated alkanes) is 8. The van der Waals surface area contributed by atoms with E-state index in [4.69, 9.17) is 18.9 Å². The number of ketones is 1. The molecule has 0 spiro atoms. The third-order valence-electron chi connectivity index (χ3n) is 9.72. The van der Waals surface area contributed by atoms with Crippen molar-refractivity contribution in [1.82, 2.24) is 0 Å². The van der Waals surface area contributed by atoms with Crippen molar-refractivity contribution >= 4 is 57.7 Å². The molecule has 0 radical (unpaired) electrons. The maximum absolute atomic E-state index is 12.0. The van der Waals surface area contributed by atoms with Gasteiger partial charge in [0.15, 0.2) is 0 Å². The number of esters is 4. The minimum Gasteiger partial charge on any atom is -0.494 e. The normalized spacial score (nSPS) is 9.59. The standard InChI is InChI=1S/C22H26O5.C20H26O3.C7H10O4.C4H8O.C4H10.C3H6.C2H6/c1-2-3-13-27-22(24)20-9-8-19-16-21(11-10-18(19)15-20)26-14-7-5-4-6-12-25-17-23;1-3-5-6-7-8-13-23-19-12-11-16-14-18(20(21)22-4-2)10-9-17(16)15-19;1-3-7(9)11-5-4-10-6(2)8;1-3-4(2)5;1-3-4-2;1-3-2;1-2/h2-3,8-11,15-17H,4-7,12-14H2,1H3;9-12,14-15H,3-8,13H2,1-2H3;3H,1,4-5H2,2H3;3H2,1-2H3;3-4H2,1-2H3;3H,1H2,2H3;1-2H3/b3-2-;;;;;;. The lowest BCUT2D eigenvalue weighted by Crippen LogP contribution is -2.10. The van der Waals surface area contributed by atoms with Crippen LogP contribution in [0.1, 0.15) is 174 Å². The number of hydrogen-bond donors (Lipinski definition) is 0. The maximum atomic E-state index is 12.0. The highest BCUT2D eigenvalue weighted by Gasteiger charge is 2.09. The Hall–Kier alpha value is -6.76. The van der Waals surface area contributed by atoms with Gasteiger partial charge in [0.2, 0.25) is 0 Å². The predicted molar refractivity (Wildman–Crippen MR) is 306 cm³/mol. The Morgan fingerprint density at radius 1 is 0.520 bits per heavy atom. The van der Waals surface area contributed by atoms with E-state index < -0.39 is 5.97 Å². The monoisotopic (exact) mass is 1040 g/mol. The molecule has 0 atom stereocenters. The van der Waals surface area contributed by atoms with Crippen molar-refractivity contribution in [2.45, 2.75) is 153 Å². The molecule has 418 valence electrons. The summed E-state index contributed by atoms with van der Waals surface area (Å²) >= 11 is 0. The van der Waals surface area contributed by atoms with E-state index in [1.54, 1.807) is 31.2 Å². The second-order valence-corrected chi connectivity index (χ2v) is 16.0. The van der Waals surface area contributed by atoms with E-state index in [9.17, 15) is 28.8 Å². The lowest BCUT2D eigenvalue weighted by Gasteiger charge is -2.08. The van der Waals surface area contributed by atoms with Crippen molar-refractivity contribution in [2.24, 2.45) is 0 Å². The average molecular weight is 1050 g/mol. The van der Waals surface area contributed by atoms with Crippen LogP contribution in [-0.4, -0.2) is 82.4 Å². The quantitative estimate of drug-likeness (QED) is 0.0138. The van der Waals surface area contributed by atoms with Gasteiger partial charge in [0.1, 0.15) is 37.1 Å². The van der Waals surface area contributed by atoms with Crippen molar-refractivity contribution in [3.8, 4) is 11.5 Å². The molecule has 13 nitrogen and oxygen atoms in total. The van der Waals surface area contributed by atoms with Crippen LogP contribution in [0.4, 0.5) is 0 Å². The first-order valence-corrected chi connectivity index (χ1v) is 26.6. The summed E-state index contributed by atoms with van der Waals surface area (Å²) in [5.74, 6) is 0.449. The third-order valence-corrected chi connectivity index (χ3v) is 9.72. The summed E-state index contributed by atoms with van der Waals surface area (Å²) in [6.07, 6.45) is 19.8. The Balaban J connectivity index is -0.000000966. The zero-order chi connectivity index (χ0) is 56.9. The van der Waals surface area contributed by atoms with Crippen LogP contribution in [0.2, 0.25) is 0 Å². The fraction of sp³-hybridized carbons (Fsp3) is 0.484. The first kappa shape index (κ1) is 72.5. The van der Waals surface area contributed by atoms with Crippen LogP contribution < -0.4 is 9.47 Å². The smallest absolute Gasteiger partial charge is 0.338 e. The first-order chi connectivity index (χ1) is 36.2. The summed E-state index contributed by atoms with van der Waals surface area (Å²) in [6, 6.07) is 22.9. The topological polar surface area (TPSA) is 167 Å². The molecule has 0 aliphatic rings. The van der Waals surface area contributed by atoms with E-state index in [0.29, 0.717) is 43.8 Å². The van der Waals surface area contributed by atoms with Gasteiger partial charge in [0, 0.05) is 19.4 Å². The van der Waals surface area contributed by atoms with Gasteiger partial charge in [0.05, 0.1) is 37.6 Å². The molecule has 0 aromatic heterocycles. The van der Waals surface area contributed by atoms with Gasteiger partial charge in [-0.05, 0) is 130 Å². The van der Waals surface area contributed by atoms with Crippen LogP contribution >= 0.6 is 0 Å². The summed E-state index contributed by atoms with van der Waals surface area (Å²) in [5, 5.41) is 4.08. The summed E-state index contributed by atoms with van der Waals surface area (Å²) in [4.78, 5) is 64.2. The van der Waals surface area contributed by atoms with E-state index in [1.807, 2.05) is 108 Å². The third kappa shape index (κ3) is 41.3. The van der Waals surface area contributed by atoms with Crippen LogP contribution in [0.3, 0.4) is 0 Å². The van der Waals surface area contributed by atoms with Crippen molar-refractivity contribution < 1.29 is 61.9 Å². The van der Waals surface area contributed by atoms with Gasteiger partial charge in [-0.15, -0.1) is 6.58 Å². The highest BCUT2D eigenvalue weighted by atomic mass is 16.6. The molecule has 0 N–H and O–H groups in total. The fourth-order valence-electron chi connectivity index (χ4n) is 5.56. The molecule has 75 heavy (non-hydrogen) atoms. The molecule has 4 aromatic carbocycles. The zero-order valence-electron chi connectivity index (χ0n) is 47.5. The number of carbonyl (C=O) groups excluding carboxylic acids is 6. The number of rotatable bonds is 27. The molecule has 0 heterocycles. The maximum Gasteiger partial charge on any atom is 0.338 e. The molecule has 0 aliphatic carbocycles. The summed E-state index contributed by atoms with van der Waals surface area (Å²) in [7, 11) is 0. The van der Waals surface area contributed by atoms with E-state index in [0.717, 1.165) is 77.8 Å². The summed E-state index contributed by atoms with van der Waals surface area (Å²) in [5.41, 5.74) is 1.13. The summed E-state index contributed by atoms with van der Waals surface area (Å²) in [6.45, 7) is 30.7. The minimum atomic E-state index is -0.517. The van der Waals surface area contributed by atoms with Gasteiger partial charge in [-0.1, -0.05) is 129 Å². The van der Waals surface area contributed by atoms with E-state index >= 15 is 0 Å². The molecule has 13 heteroatoms. The second kappa shape index (κ2) is 52.1. The lowest BCUT2D eigenvalue weighted by molar-refractivity contribution is -0.147. The van der Waals surface area contributed by atoms with Gasteiger partial charge in [-0.2, -0.15) is 0 Å². The van der Waals surface area contributed by atoms with E-state index in [2.05, 4.69) is 48.1 Å². The van der Waals surface area contributed by atoms with Crippen LogP contribution in [0.25, 0.3) is 21.5 Å². The zero-order valence-corrected chi connectivity index (χ0v) is 47.5. The Labute approximate surface area is 450 Å². The van der Waals surface area contributed by atoms with E-state index in [-0.39, 0.29) is 43.5 Å². The predicted octanol–water partition coefficient (Wildman–Crippen LogP) is 15.3. The van der Waals surface area contributed by atoms with Crippen molar-refractivity contribution in [1.29, 1.82) is 0 Å². The first-order valence-electron chi connectivity index (χ1n) is 26.6. The summed E-state index contributed by atoms with van der Waals surface area (Å²) < 4.78 is 35.5. The average Bonchev–Trinajstić information content (AvgIpc) is 3.42. The molecular formula is C62H92O13. The Bertz CT molecular complexity index is 2170. The lowest BCUT2D eigenvalue weighted by atomic mass is 10.1. The Kier molecular flexibility index (Phi) is 50.4. The van der Waals surface area contributed by atoms with Crippen molar-refractivity contribution in [2.75, 3.05) is 46.2 Å². The minimum absolute atomic E-state index is 0.0738. The van der Waals surface area contributed by atoms with Gasteiger partial charge >= 0.3 is 23.9 Å². The number of allylic oxidation sites excluding steroid dienone is 2. The molecule has 0 bridgehead atoms. The molecular weight excluding hydrogens is 953 g/mol. The molecule has 0 unspecified atom stereocenters. The number of carbonyl (C=O) groups is 6. The van der Waals surface area contributed by atoms with Gasteiger partial charge in [-0.3, -0.25) is 9.59 Å². The Morgan fingerprint density at radius 3 is 1.35 bits per heavy atom. The van der Waals surface area contributed by atoms with Gasteiger partial charge < -0.3 is 38.0 Å². The van der Waals surface area contributed by atoms with Crippen LogP contribution in [0.5, 0.6) is 11.5 Å². The number of fused-ring (bicyclic) bond motifs is 2. The van der Waals surface area contributed by atoms with Crippen LogP contribution in [-0.2, 0) is 42.9 Å². The number of benzene rings is 4. The highest BCUT2D eigenvalue weighted by Crippen LogP contribution is 2.24. The number of hydrogen-bond acceptors (Lipinski definition) is 13. The van der Waals surface area contributed by atoms with E-state index in [1.165, 1.54) is 45.4 Å². The van der Waals surface area contributed by atoms with Crippen LogP contribution in [0.15, 0.2) is 110 Å². The fourth-order valence-corrected chi connectivity index (χ4v) is 5.56. The molecule has 0 aliphatic heterocycles. The molecule has 0 fully saturated rings.